The van der Waals surface area contributed by atoms with E-state index in [0.29, 0.717) is 11.8 Å². The number of benzene rings is 1. The van der Waals surface area contributed by atoms with Crippen LogP contribution in [0.2, 0.25) is 5.02 Å². The number of likely N-dealkylation sites (tertiary alicyclic amines) is 1. The highest BCUT2D eigenvalue weighted by atomic mass is 35.5. The Kier molecular flexibility index (Phi) is 5.46. The summed E-state index contributed by atoms with van der Waals surface area (Å²) in [5, 5.41) is 8.80. The summed E-state index contributed by atoms with van der Waals surface area (Å²) in [6.07, 6.45) is 5.73. The molecule has 0 spiro atoms. The first-order valence-corrected chi connectivity index (χ1v) is 12.4. The van der Waals surface area contributed by atoms with Crippen LogP contribution in [0, 0.1) is 5.92 Å². The fourth-order valence-corrected chi connectivity index (χ4v) is 5.70. The third-order valence-electron chi connectivity index (χ3n) is 7.46. The van der Waals surface area contributed by atoms with Crippen molar-refractivity contribution in [3.63, 3.8) is 0 Å². The number of aromatic nitrogens is 3. The lowest BCUT2D eigenvalue weighted by atomic mass is 9.88. The predicted molar refractivity (Wildman–Crippen MR) is 129 cm³/mol. The Balaban J connectivity index is 1.13. The second-order valence-corrected chi connectivity index (χ2v) is 9.90. The molecule has 3 aliphatic heterocycles. The van der Waals surface area contributed by atoms with E-state index >= 15 is 0 Å². The van der Waals surface area contributed by atoms with Gasteiger partial charge in [-0.25, -0.2) is 4.98 Å². The number of fused-ring (bicyclic) bond motifs is 2. The first kappa shape index (κ1) is 20.9. The number of nitrogens with zero attached hydrogens (tertiary/aromatic N) is 5. The predicted octanol–water partition coefficient (Wildman–Crippen LogP) is 2.91. The number of halogens is 1. The summed E-state index contributed by atoms with van der Waals surface area (Å²) >= 11 is 6.03. The maximum atomic E-state index is 13.2. The smallest absolute Gasteiger partial charge is 0.229 e. The second kappa shape index (κ2) is 8.61. The molecule has 1 amide bonds. The molecule has 3 aromatic rings. The third kappa shape index (κ3) is 3.87. The Labute approximate surface area is 198 Å². The first-order valence-electron chi connectivity index (χ1n) is 12.0. The summed E-state index contributed by atoms with van der Waals surface area (Å²) in [6.45, 7) is 5.10. The third-order valence-corrected chi connectivity index (χ3v) is 7.71. The summed E-state index contributed by atoms with van der Waals surface area (Å²) in [5.74, 6) is 2.02. The SMILES string of the molecule is O=C(C1CN(c2c3c(nc4ccnn24)CCNCC3)C1)N1CCC(c2ccc(Cl)cc2)CC1. The molecule has 5 heterocycles. The van der Waals surface area contributed by atoms with Crippen molar-refractivity contribution in [2.75, 3.05) is 44.2 Å². The van der Waals surface area contributed by atoms with E-state index in [1.807, 2.05) is 28.9 Å². The number of nitrogens with one attached hydrogen (secondary N) is 1. The summed E-state index contributed by atoms with van der Waals surface area (Å²) < 4.78 is 1.96. The van der Waals surface area contributed by atoms with Gasteiger partial charge in [-0.15, -0.1) is 0 Å². The van der Waals surface area contributed by atoms with Gasteiger partial charge in [0.2, 0.25) is 5.91 Å². The minimum absolute atomic E-state index is 0.0652. The standard InChI is InChI=1S/C25H29ClN6O/c26-20-3-1-17(2-4-20)18-8-13-30(14-9-18)25(33)19-15-31(16-19)24-21-5-10-27-11-6-22(21)29-23-7-12-28-32(23)24/h1-4,7,12,18-19,27H,5-6,8-11,13-16H2. The highest BCUT2D eigenvalue weighted by Gasteiger charge is 2.39. The molecule has 2 aromatic heterocycles. The van der Waals surface area contributed by atoms with Crippen molar-refractivity contribution in [3.05, 3.63) is 58.4 Å². The monoisotopic (exact) mass is 464 g/mol. The molecule has 0 atom stereocenters. The lowest BCUT2D eigenvalue weighted by molar-refractivity contribution is -0.137. The van der Waals surface area contributed by atoms with Crippen LogP contribution in [0.4, 0.5) is 5.82 Å². The summed E-state index contributed by atoms with van der Waals surface area (Å²) in [6, 6.07) is 10.1. The van der Waals surface area contributed by atoms with E-state index in [4.69, 9.17) is 16.6 Å². The summed E-state index contributed by atoms with van der Waals surface area (Å²) in [7, 11) is 0. The molecule has 33 heavy (non-hydrogen) atoms. The van der Waals surface area contributed by atoms with Gasteiger partial charge < -0.3 is 15.1 Å². The molecule has 8 heteroatoms. The fraction of sp³-hybridized carbons (Fsp3) is 0.480. The number of carbonyl (C=O) groups excluding carboxylic acids is 1. The zero-order chi connectivity index (χ0) is 22.4. The highest BCUT2D eigenvalue weighted by Crippen LogP contribution is 2.34. The normalized spacial score (nSPS) is 19.9. The molecule has 0 aliphatic carbocycles. The number of rotatable bonds is 3. The van der Waals surface area contributed by atoms with E-state index in [1.165, 1.54) is 16.8 Å². The van der Waals surface area contributed by atoms with E-state index in [2.05, 4.69) is 32.3 Å². The van der Waals surface area contributed by atoms with Crippen LogP contribution in [-0.2, 0) is 17.6 Å². The van der Waals surface area contributed by atoms with Gasteiger partial charge in [-0.1, -0.05) is 23.7 Å². The van der Waals surface area contributed by atoms with E-state index in [9.17, 15) is 4.79 Å². The lowest BCUT2D eigenvalue weighted by Gasteiger charge is -2.44. The molecule has 1 N–H and O–H groups in total. The molecule has 1 aromatic carbocycles. The van der Waals surface area contributed by atoms with Crippen LogP contribution < -0.4 is 10.2 Å². The zero-order valence-corrected chi connectivity index (χ0v) is 19.5. The number of hydrogen-bond donors (Lipinski definition) is 1. The maximum Gasteiger partial charge on any atom is 0.229 e. The molecule has 172 valence electrons. The number of piperidine rings is 1. The molecular weight excluding hydrogens is 436 g/mol. The Morgan fingerprint density at radius 3 is 2.58 bits per heavy atom. The molecule has 0 radical (unpaired) electrons. The minimum atomic E-state index is 0.0652. The second-order valence-electron chi connectivity index (χ2n) is 9.46. The number of hydrogen-bond acceptors (Lipinski definition) is 5. The van der Waals surface area contributed by atoms with Crippen molar-refractivity contribution in [2.24, 2.45) is 5.92 Å². The quantitative estimate of drug-likeness (QED) is 0.645. The largest absolute Gasteiger partial charge is 0.354 e. The zero-order valence-electron chi connectivity index (χ0n) is 18.7. The minimum Gasteiger partial charge on any atom is -0.354 e. The van der Waals surface area contributed by atoms with Crippen LogP contribution >= 0.6 is 11.6 Å². The van der Waals surface area contributed by atoms with Crippen molar-refractivity contribution in [1.29, 1.82) is 0 Å². The molecular formula is C25H29ClN6O. The first-order chi connectivity index (χ1) is 16.2. The Morgan fingerprint density at radius 1 is 1.03 bits per heavy atom. The molecule has 0 saturated carbocycles. The average Bonchev–Trinajstić information content (AvgIpc) is 3.15. The van der Waals surface area contributed by atoms with Gasteiger partial charge in [0, 0.05) is 55.8 Å². The van der Waals surface area contributed by atoms with Crippen molar-refractivity contribution >= 4 is 29.0 Å². The van der Waals surface area contributed by atoms with E-state index in [1.54, 1.807) is 0 Å². The topological polar surface area (TPSA) is 65.8 Å². The van der Waals surface area contributed by atoms with Crippen molar-refractivity contribution < 1.29 is 4.79 Å². The molecule has 0 unspecified atom stereocenters. The van der Waals surface area contributed by atoms with Gasteiger partial charge in [0.1, 0.15) is 5.82 Å². The van der Waals surface area contributed by atoms with Crippen LogP contribution in [0.25, 0.3) is 5.65 Å². The van der Waals surface area contributed by atoms with E-state index in [-0.39, 0.29) is 5.92 Å². The molecule has 0 bridgehead atoms. The number of carbonyl (C=O) groups is 1. The van der Waals surface area contributed by atoms with Gasteiger partial charge in [-0.05, 0) is 49.4 Å². The van der Waals surface area contributed by atoms with E-state index < -0.39 is 0 Å². The van der Waals surface area contributed by atoms with Crippen LogP contribution in [0.1, 0.15) is 35.6 Å². The molecule has 6 rings (SSSR count). The van der Waals surface area contributed by atoms with Gasteiger partial charge in [-0.3, -0.25) is 4.79 Å². The van der Waals surface area contributed by atoms with Crippen molar-refractivity contribution in [3.8, 4) is 0 Å². The maximum absolute atomic E-state index is 13.2. The molecule has 7 nitrogen and oxygen atoms in total. The molecule has 3 aliphatic rings. The van der Waals surface area contributed by atoms with Gasteiger partial charge in [0.25, 0.3) is 0 Å². The number of amides is 1. The van der Waals surface area contributed by atoms with Gasteiger partial charge >= 0.3 is 0 Å². The van der Waals surface area contributed by atoms with Crippen molar-refractivity contribution in [1.82, 2.24) is 24.8 Å². The van der Waals surface area contributed by atoms with Gasteiger partial charge in [0.05, 0.1) is 17.8 Å². The highest BCUT2D eigenvalue weighted by molar-refractivity contribution is 6.30. The van der Waals surface area contributed by atoms with Gasteiger partial charge in [0.15, 0.2) is 5.65 Å². The average molecular weight is 465 g/mol. The molecule has 2 fully saturated rings. The van der Waals surface area contributed by atoms with E-state index in [0.717, 1.165) is 81.4 Å². The van der Waals surface area contributed by atoms with Crippen LogP contribution in [-0.4, -0.2) is 64.7 Å². The van der Waals surface area contributed by atoms with Crippen LogP contribution in [0.3, 0.4) is 0 Å². The van der Waals surface area contributed by atoms with Crippen LogP contribution in [0.15, 0.2) is 36.5 Å². The number of anilines is 1. The fourth-order valence-electron chi connectivity index (χ4n) is 5.57. The Morgan fingerprint density at radius 2 is 1.79 bits per heavy atom. The van der Waals surface area contributed by atoms with Gasteiger partial charge in [-0.2, -0.15) is 9.61 Å². The Bertz CT molecular complexity index is 1160. The summed E-state index contributed by atoms with van der Waals surface area (Å²) in [4.78, 5) is 22.5. The van der Waals surface area contributed by atoms with Crippen LogP contribution in [0.5, 0.6) is 0 Å². The summed E-state index contributed by atoms with van der Waals surface area (Å²) in [5.41, 5.74) is 4.68. The lowest BCUT2D eigenvalue weighted by Crippen LogP contribution is -2.56. The molecule has 2 saturated heterocycles. The Hall–Kier alpha value is -2.64. The van der Waals surface area contributed by atoms with Crippen molar-refractivity contribution in [2.45, 2.75) is 31.6 Å².